The maximum Gasteiger partial charge on any atom is 0.287 e. The molecule has 0 heterocycles. The number of aliphatic hydroxyl groups is 1. The Morgan fingerprint density at radius 1 is 1.58 bits per heavy atom. The van der Waals surface area contributed by atoms with Gasteiger partial charge in [-0.1, -0.05) is 24.9 Å². The maximum absolute atomic E-state index is 11.7. The normalized spacial score (nSPS) is 11.9. The first kappa shape index (κ1) is 15.4. The van der Waals surface area contributed by atoms with Gasteiger partial charge in [0.25, 0.3) is 11.6 Å². The molecule has 0 radical (unpaired) electrons. The standard InChI is InChI=1S/C12H15ClN2O4/c1-2-3-9(16)7-14-12(17)8-4-5-11(15(18)19)10(13)6-8/h4-6,9,16H,2-3,7H2,1H3,(H,14,17). The van der Waals surface area contributed by atoms with Crippen LogP contribution >= 0.6 is 11.6 Å². The molecule has 1 unspecified atom stereocenters. The van der Waals surface area contributed by atoms with Gasteiger partial charge in [-0.2, -0.15) is 0 Å². The molecule has 0 aliphatic carbocycles. The molecule has 0 fully saturated rings. The van der Waals surface area contributed by atoms with E-state index in [1.807, 2.05) is 6.92 Å². The predicted octanol–water partition coefficient (Wildman–Crippen LogP) is 2.14. The van der Waals surface area contributed by atoms with Gasteiger partial charge in [-0.15, -0.1) is 0 Å². The Morgan fingerprint density at radius 3 is 2.79 bits per heavy atom. The van der Waals surface area contributed by atoms with Gasteiger partial charge in [0.15, 0.2) is 0 Å². The number of hydrogen-bond acceptors (Lipinski definition) is 4. The Bertz CT molecular complexity index is 479. The van der Waals surface area contributed by atoms with E-state index >= 15 is 0 Å². The van der Waals surface area contributed by atoms with Gasteiger partial charge in [-0.3, -0.25) is 14.9 Å². The first-order chi connectivity index (χ1) is 8.95. The summed E-state index contributed by atoms with van der Waals surface area (Å²) in [6.07, 6.45) is 0.823. The second kappa shape index (κ2) is 7.06. The fourth-order valence-electron chi connectivity index (χ4n) is 1.54. The number of carbonyl (C=O) groups excluding carboxylic acids is 1. The van der Waals surface area contributed by atoms with Gasteiger partial charge in [-0.05, 0) is 18.6 Å². The number of halogens is 1. The van der Waals surface area contributed by atoms with E-state index in [0.29, 0.717) is 6.42 Å². The zero-order valence-electron chi connectivity index (χ0n) is 10.4. The lowest BCUT2D eigenvalue weighted by atomic mass is 10.1. The summed E-state index contributed by atoms with van der Waals surface area (Å²) in [6.45, 7) is 2.07. The highest BCUT2D eigenvalue weighted by molar-refractivity contribution is 6.33. The average Bonchev–Trinajstić information content (AvgIpc) is 2.35. The molecule has 1 amide bonds. The molecular formula is C12H15ClN2O4. The summed E-state index contributed by atoms with van der Waals surface area (Å²) in [5, 5.41) is 22.5. The molecule has 0 saturated carbocycles. The highest BCUT2D eigenvalue weighted by atomic mass is 35.5. The van der Waals surface area contributed by atoms with Crippen molar-refractivity contribution in [3.05, 3.63) is 38.9 Å². The van der Waals surface area contributed by atoms with E-state index in [0.717, 1.165) is 6.42 Å². The van der Waals surface area contributed by atoms with Crippen molar-refractivity contribution in [3.63, 3.8) is 0 Å². The van der Waals surface area contributed by atoms with Gasteiger partial charge >= 0.3 is 0 Å². The minimum Gasteiger partial charge on any atom is -0.391 e. The van der Waals surface area contributed by atoms with Gasteiger partial charge < -0.3 is 10.4 Å². The fraction of sp³-hybridized carbons (Fsp3) is 0.417. The number of carbonyl (C=O) groups is 1. The molecule has 1 aromatic rings. The highest BCUT2D eigenvalue weighted by Gasteiger charge is 2.15. The number of benzene rings is 1. The van der Waals surface area contributed by atoms with Crippen LogP contribution in [0.3, 0.4) is 0 Å². The van der Waals surface area contributed by atoms with Gasteiger partial charge in [0, 0.05) is 18.2 Å². The van der Waals surface area contributed by atoms with Crippen LogP contribution in [-0.4, -0.2) is 28.6 Å². The Kier molecular flexibility index (Phi) is 5.72. The van der Waals surface area contributed by atoms with Crippen LogP contribution in [0, 0.1) is 10.1 Å². The summed E-state index contributed by atoms with van der Waals surface area (Å²) < 4.78 is 0. The monoisotopic (exact) mass is 286 g/mol. The van der Waals surface area contributed by atoms with Crippen LogP contribution in [0.5, 0.6) is 0 Å². The zero-order chi connectivity index (χ0) is 14.4. The van der Waals surface area contributed by atoms with Crippen LogP contribution < -0.4 is 5.32 Å². The SMILES string of the molecule is CCCC(O)CNC(=O)c1ccc([N+](=O)[O-])c(Cl)c1. The van der Waals surface area contributed by atoms with Crippen molar-refractivity contribution < 1.29 is 14.8 Å². The Balaban J connectivity index is 2.68. The number of rotatable bonds is 6. The predicted molar refractivity (Wildman–Crippen MR) is 71.4 cm³/mol. The minimum absolute atomic E-state index is 0.0910. The average molecular weight is 287 g/mol. The van der Waals surface area contributed by atoms with Gasteiger partial charge in [0.1, 0.15) is 5.02 Å². The van der Waals surface area contributed by atoms with Crippen LogP contribution in [0.1, 0.15) is 30.1 Å². The molecule has 2 N–H and O–H groups in total. The van der Waals surface area contributed by atoms with Gasteiger partial charge in [-0.25, -0.2) is 0 Å². The summed E-state index contributed by atoms with van der Waals surface area (Å²) in [4.78, 5) is 21.7. The van der Waals surface area contributed by atoms with Crippen molar-refractivity contribution in [1.82, 2.24) is 5.32 Å². The number of aliphatic hydroxyl groups excluding tert-OH is 1. The third-order valence-corrected chi connectivity index (χ3v) is 2.83. The number of nitrogens with zero attached hydrogens (tertiary/aromatic N) is 1. The van der Waals surface area contributed by atoms with E-state index in [1.165, 1.54) is 18.2 Å². The Hall–Kier alpha value is -1.66. The second-order valence-corrected chi connectivity index (χ2v) is 4.48. The molecular weight excluding hydrogens is 272 g/mol. The van der Waals surface area contributed by atoms with Gasteiger partial charge in [0.2, 0.25) is 0 Å². The maximum atomic E-state index is 11.7. The molecule has 1 aromatic carbocycles. The zero-order valence-corrected chi connectivity index (χ0v) is 11.2. The lowest BCUT2D eigenvalue weighted by molar-refractivity contribution is -0.384. The van der Waals surface area contributed by atoms with Crippen LogP contribution in [0.2, 0.25) is 5.02 Å². The third-order valence-electron chi connectivity index (χ3n) is 2.53. The molecule has 0 saturated heterocycles. The summed E-state index contributed by atoms with van der Waals surface area (Å²) in [5.74, 6) is -0.424. The van der Waals surface area contributed by atoms with E-state index in [2.05, 4.69) is 5.32 Å². The lowest BCUT2D eigenvalue weighted by Crippen LogP contribution is -2.31. The molecule has 0 aliphatic heterocycles. The largest absolute Gasteiger partial charge is 0.391 e. The molecule has 0 bridgehead atoms. The number of nitro groups is 1. The van der Waals surface area contributed by atoms with Crippen LogP contribution in [0.15, 0.2) is 18.2 Å². The summed E-state index contributed by atoms with van der Waals surface area (Å²) in [7, 11) is 0. The molecule has 0 aliphatic rings. The van der Waals surface area contributed by atoms with Crippen LogP contribution in [0.25, 0.3) is 0 Å². The molecule has 0 spiro atoms. The molecule has 6 nitrogen and oxygen atoms in total. The van der Waals surface area contributed by atoms with Crippen molar-refractivity contribution in [3.8, 4) is 0 Å². The number of hydrogen-bond donors (Lipinski definition) is 2. The quantitative estimate of drug-likeness (QED) is 0.619. The van der Waals surface area contributed by atoms with E-state index < -0.39 is 16.9 Å². The molecule has 1 atom stereocenters. The Labute approximate surface area is 115 Å². The number of nitrogens with one attached hydrogen (secondary N) is 1. The van der Waals surface area contributed by atoms with E-state index in [4.69, 9.17) is 11.6 Å². The summed E-state index contributed by atoms with van der Waals surface area (Å²) in [6, 6.07) is 3.74. The molecule has 19 heavy (non-hydrogen) atoms. The van der Waals surface area contributed by atoms with E-state index in [-0.39, 0.29) is 22.8 Å². The number of nitro benzene ring substituents is 1. The first-order valence-corrected chi connectivity index (χ1v) is 6.23. The lowest BCUT2D eigenvalue weighted by Gasteiger charge is -2.10. The molecule has 104 valence electrons. The molecule has 0 aromatic heterocycles. The van der Waals surface area contributed by atoms with E-state index in [1.54, 1.807) is 0 Å². The first-order valence-electron chi connectivity index (χ1n) is 5.86. The van der Waals surface area contributed by atoms with Crippen molar-refractivity contribution in [2.75, 3.05) is 6.54 Å². The minimum atomic E-state index is -0.616. The van der Waals surface area contributed by atoms with Crippen molar-refractivity contribution in [2.45, 2.75) is 25.9 Å². The molecule has 7 heteroatoms. The van der Waals surface area contributed by atoms with Crippen molar-refractivity contribution in [1.29, 1.82) is 0 Å². The van der Waals surface area contributed by atoms with Gasteiger partial charge in [0.05, 0.1) is 11.0 Å². The van der Waals surface area contributed by atoms with Crippen molar-refractivity contribution >= 4 is 23.2 Å². The smallest absolute Gasteiger partial charge is 0.287 e. The van der Waals surface area contributed by atoms with E-state index in [9.17, 15) is 20.0 Å². The summed E-state index contributed by atoms with van der Waals surface area (Å²) >= 11 is 5.71. The topological polar surface area (TPSA) is 92.5 Å². The highest BCUT2D eigenvalue weighted by Crippen LogP contribution is 2.24. The van der Waals surface area contributed by atoms with Crippen LogP contribution in [-0.2, 0) is 0 Å². The third kappa shape index (κ3) is 4.50. The van der Waals surface area contributed by atoms with Crippen LogP contribution in [0.4, 0.5) is 5.69 Å². The fourth-order valence-corrected chi connectivity index (χ4v) is 1.79. The van der Waals surface area contributed by atoms with Crippen molar-refractivity contribution in [2.24, 2.45) is 0 Å². The molecule has 1 rings (SSSR count). The Morgan fingerprint density at radius 2 is 2.26 bits per heavy atom. The summed E-state index contributed by atoms with van der Waals surface area (Å²) in [5.41, 5.74) is -0.0245. The number of amides is 1. The second-order valence-electron chi connectivity index (χ2n) is 4.08.